The third kappa shape index (κ3) is 2.24. The first-order valence-electron chi connectivity index (χ1n) is 4.96. The number of nitrogens with two attached hydrogens (primary N) is 1. The first kappa shape index (κ1) is 11.5. The van der Waals surface area contributed by atoms with Gasteiger partial charge in [-0.25, -0.2) is 4.98 Å². The Bertz CT molecular complexity index is 575. The van der Waals surface area contributed by atoms with E-state index in [0.717, 1.165) is 11.3 Å². The lowest BCUT2D eigenvalue weighted by atomic mass is 10.1. The number of nitrogens with zero attached hydrogens (tertiary/aromatic N) is 1. The first-order chi connectivity index (χ1) is 8.09. The number of carbonyl (C=O) groups excluding carboxylic acids is 2. The number of carbonyl (C=O) groups is 2. The van der Waals surface area contributed by atoms with Crippen LogP contribution in [0.25, 0.3) is 0 Å². The van der Waals surface area contributed by atoms with Gasteiger partial charge in [-0.05, 0) is 0 Å². The Kier molecular flexibility index (Phi) is 3.01. The molecule has 1 aromatic carbocycles. The lowest BCUT2D eigenvalue weighted by molar-refractivity contribution is 0.101. The van der Waals surface area contributed by atoms with Crippen molar-refractivity contribution in [3.05, 3.63) is 45.8 Å². The monoisotopic (exact) mass is 246 g/mol. The van der Waals surface area contributed by atoms with Crippen molar-refractivity contribution in [3.8, 4) is 0 Å². The lowest BCUT2D eigenvalue weighted by Gasteiger charge is -1.94. The van der Waals surface area contributed by atoms with E-state index in [1.807, 2.05) is 6.07 Å². The van der Waals surface area contributed by atoms with Crippen LogP contribution < -0.4 is 5.73 Å². The van der Waals surface area contributed by atoms with Crippen molar-refractivity contribution in [2.24, 2.45) is 0 Å². The zero-order valence-corrected chi connectivity index (χ0v) is 9.95. The molecule has 0 amide bonds. The fraction of sp³-hybridized carbons (Fsp3) is 0.0833. The third-order valence-corrected chi connectivity index (χ3v) is 3.37. The second-order valence-corrected chi connectivity index (χ2v) is 4.48. The Morgan fingerprint density at radius 3 is 2.41 bits per heavy atom. The van der Waals surface area contributed by atoms with Crippen LogP contribution >= 0.6 is 11.3 Å². The fourth-order valence-electron chi connectivity index (χ4n) is 1.39. The maximum absolute atomic E-state index is 12.0. The molecule has 2 aromatic rings. The summed E-state index contributed by atoms with van der Waals surface area (Å²) in [5.41, 5.74) is 6.12. The molecule has 1 heterocycles. The average molecular weight is 246 g/mol. The molecule has 0 saturated carbocycles. The first-order valence-corrected chi connectivity index (χ1v) is 5.78. The topological polar surface area (TPSA) is 73.0 Å². The van der Waals surface area contributed by atoms with Crippen LogP contribution in [-0.2, 0) is 0 Å². The van der Waals surface area contributed by atoms with Gasteiger partial charge in [0.2, 0.25) is 5.78 Å². The van der Waals surface area contributed by atoms with Gasteiger partial charge in [-0.3, -0.25) is 9.59 Å². The number of benzene rings is 1. The Balaban J connectivity index is 2.39. The molecule has 5 heteroatoms. The van der Waals surface area contributed by atoms with Gasteiger partial charge in [0, 0.05) is 12.5 Å². The van der Waals surface area contributed by atoms with Crippen molar-refractivity contribution in [2.75, 3.05) is 5.73 Å². The molecule has 0 saturated heterocycles. The number of aromatic nitrogens is 1. The molecule has 17 heavy (non-hydrogen) atoms. The van der Waals surface area contributed by atoms with E-state index in [1.165, 1.54) is 6.92 Å². The van der Waals surface area contributed by atoms with Crippen molar-refractivity contribution < 1.29 is 9.59 Å². The molecule has 0 aliphatic heterocycles. The van der Waals surface area contributed by atoms with Crippen molar-refractivity contribution in [1.29, 1.82) is 0 Å². The summed E-state index contributed by atoms with van der Waals surface area (Å²) in [7, 11) is 0. The zero-order valence-electron chi connectivity index (χ0n) is 9.14. The third-order valence-electron chi connectivity index (χ3n) is 2.20. The number of nitrogen functional groups attached to an aromatic ring is 1. The predicted octanol–water partition coefficient (Wildman–Crippen LogP) is 2.16. The summed E-state index contributed by atoms with van der Waals surface area (Å²) < 4.78 is 0. The highest BCUT2D eigenvalue weighted by Gasteiger charge is 2.18. The van der Waals surface area contributed by atoms with Crippen LogP contribution in [0.3, 0.4) is 0 Å². The number of hydrogen-bond acceptors (Lipinski definition) is 5. The normalized spacial score (nSPS) is 10.2. The summed E-state index contributed by atoms with van der Waals surface area (Å²) in [6.07, 6.45) is 0. The number of thiazole rings is 1. The molecule has 2 rings (SSSR count). The van der Waals surface area contributed by atoms with Crippen LogP contribution in [0, 0.1) is 0 Å². The van der Waals surface area contributed by atoms with E-state index in [1.54, 1.807) is 24.3 Å². The predicted molar refractivity (Wildman–Crippen MR) is 66.4 cm³/mol. The number of hydrogen-bond donors (Lipinski definition) is 1. The quantitative estimate of drug-likeness (QED) is 0.842. The van der Waals surface area contributed by atoms with Gasteiger partial charge in [0.25, 0.3) is 0 Å². The van der Waals surface area contributed by atoms with E-state index >= 15 is 0 Å². The Morgan fingerprint density at radius 2 is 1.88 bits per heavy atom. The van der Waals surface area contributed by atoms with Crippen molar-refractivity contribution in [1.82, 2.24) is 4.98 Å². The molecule has 2 N–H and O–H groups in total. The standard InChI is InChI=1S/C12H10N2O2S/c1-7(15)10-11(13)14-12(17-10)9(16)8-5-3-2-4-6-8/h2-6H,13H2,1H3. The van der Waals surface area contributed by atoms with Gasteiger partial charge in [0.1, 0.15) is 10.7 Å². The lowest BCUT2D eigenvalue weighted by Crippen LogP contribution is -2.00. The summed E-state index contributed by atoms with van der Waals surface area (Å²) >= 11 is 1.04. The molecule has 4 nitrogen and oxygen atoms in total. The maximum atomic E-state index is 12.0. The average Bonchev–Trinajstić information content (AvgIpc) is 2.71. The minimum Gasteiger partial charge on any atom is -0.382 e. The number of ketones is 2. The van der Waals surface area contributed by atoms with Crippen molar-refractivity contribution in [2.45, 2.75) is 6.92 Å². The molecule has 0 aliphatic rings. The smallest absolute Gasteiger partial charge is 0.221 e. The minimum absolute atomic E-state index is 0.127. The van der Waals surface area contributed by atoms with E-state index < -0.39 is 0 Å². The van der Waals surface area contributed by atoms with Gasteiger partial charge in [0.05, 0.1) is 0 Å². The number of rotatable bonds is 3. The van der Waals surface area contributed by atoms with Gasteiger partial charge < -0.3 is 5.73 Å². The maximum Gasteiger partial charge on any atom is 0.221 e. The number of Topliss-reactive ketones (excluding diaryl/α,β-unsaturated/α-hetero) is 1. The van der Waals surface area contributed by atoms with Gasteiger partial charge in [-0.1, -0.05) is 30.3 Å². The highest BCUT2D eigenvalue weighted by Crippen LogP contribution is 2.23. The molecule has 0 fully saturated rings. The molecule has 0 atom stereocenters. The SMILES string of the molecule is CC(=O)c1sc(C(=O)c2ccccc2)nc1N. The van der Waals surface area contributed by atoms with E-state index in [4.69, 9.17) is 5.73 Å². The highest BCUT2D eigenvalue weighted by molar-refractivity contribution is 7.16. The molecule has 86 valence electrons. The van der Waals surface area contributed by atoms with Crippen LogP contribution in [0.5, 0.6) is 0 Å². The Labute approximate surface area is 102 Å². The summed E-state index contributed by atoms with van der Waals surface area (Å²) in [5.74, 6) is -0.260. The molecule has 1 aromatic heterocycles. The van der Waals surface area contributed by atoms with Crippen LogP contribution in [0.15, 0.2) is 30.3 Å². The molecule has 0 bridgehead atoms. The van der Waals surface area contributed by atoms with E-state index in [0.29, 0.717) is 10.4 Å². The second-order valence-electron chi connectivity index (χ2n) is 3.48. The van der Waals surface area contributed by atoms with E-state index in [9.17, 15) is 9.59 Å². The molecule has 0 aliphatic carbocycles. The van der Waals surface area contributed by atoms with Crippen LogP contribution in [-0.4, -0.2) is 16.6 Å². The van der Waals surface area contributed by atoms with Crippen LogP contribution in [0.4, 0.5) is 5.82 Å². The minimum atomic E-state index is -0.213. The molecule has 0 unspecified atom stereocenters. The van der Waals surface area contributed by atoms with E-state index in [2.05, 4.69) is 4.98 Å². The van der Waals surface area contributed by atoms with Crippen molar-refractivity contribution >= 4 is 28.7 Å². The summed E-state index contributed by atoms with van der Waals surface area (Å²) in [4.78, 5) is 27.5. The zero-order chi connectivity index (χ0) is 12.4. The number of anilines is 1. The van der Waals surface area contributed by atoms with Gasteiger partial charge in [-0.2, -0.15) is 0 Å². The molecule has 0 spiro atoms. The molecular weight excluding hydrogens is 236 g/mol. The Hall–Kier alpha value is -2.01. The second kappa shape index (κ2) is 4.47. The highest BCUT2D eigenvalue weighted by atomic mass is 32.1. The Morgan fingerprint density at radius 1 is 1.24 bits per heavy atom. The van der Waals surface area contributed by atoms with Gasteiger partial charge in [-0.15, -0.1) is 11.3 Å². The van der Waals surface area contributed by atoms with Gasteiger partial charge >= 0.3 is 0 Å². The van der Waals surface area contributed by atoms with E-state index in [-0.39, 0.29) is 22.4 Å². The summed E-state index contributed by atoms with van der Waals surface area (Å²) in [5, 5.41) is 0.249. The summed E-state index contributed by atoms with van der Waals surface area (Å²) in [6.45, 7) is 1.40. The molecule has 0 radical (unpaired) electrons. The fourth-order valence-corrected chi connectivity index (χ4v) is 2.24. The van der Waals surface area contributed by atoms with Crippen LogP contribution in [0.1, 0.15) is 32.0 Å². The molecular formula is C12H10N2O2S. The largest absolute Gasteiger partial charge is 0.382 e. The van der Waals surface area contributed by atoms with Gasteiger partial charge in [0.15, 0.2) is 10.8 Å². The van der Waals surface area contributed by atoms with Crippen LogP contribution in [0.2, 0.25) is 0 Å². The summed E-state index contributed by atoms with van der Waals surface area (Å²) in [6, 6.07) is 8.78. The van der Waals surface area contributed by atoms with Crippen molar-refractivity contribution in [3.63, 3.8) is 0 Å².